The van der Waals surface area contributed by atoms with Crippen LogP contribution in [0.5, 0.6) is 0 Å². The summed E-state index contributed by atoms with van der Waals surface area (Å²) in [6, 6.07) is 7.40. The molecule has 0 fully saturated rings. The minimum absolute atomic E-state index is 0.101. The highest BCUT2D eigenvalue weighted by atomic mass is 32.2. The second-order valence-electron chi connectivity index (χ2n) is 4.48. The van der Waals surface area contributed by atoms with Gasteiger partial charge in [0.2, 0.25) is 17.8 Å². The molecule has 3 N–H and O–H groups in total. The van der Waals surface area contributed by atoms with Gasteiger partial charge in [-0.05, 0) is 36.0 Å². The van der Waals surface area contributed by atoms with Gasteiger partial charge in [0.25, 0.3) is 0 Å². The Morgan fingerprint density at radius 3 is 2.43 bits per heavy atom. The molecule has 2 rings (SSSR count). The lowest BCUT2D eigenvalue weighted by Crippen LogP contribution is -2.15. The first-order valence-electron chi connectivity index (χ1n) is 6.18. The number of nitrogens with one attached hydrogen (secondary N) is 1. The van der Waals surface area contributed by atoms with Crippen molar-refractivity contribution in [3.63, 3.8) is 0 Å². The van der Waals surface area contributed by atoms with Gasteiger partial charge in [-0.3, -0.25) is 4.79 Å². The number of nitrogen functional groups attached to an aromatic ring is 1. The molecule has 21 heavy (non-hydrogen) atoms. The number of hydrogen-bond acceptors (Lipinski definition) is 7. The fraction of sp³-hybridized carbons (Fsp3) is 0.231. The number of nitrogens with zero attached hydrogens (tertiary/aromatic N) is 4. The molecule has 0 aliphatic carbocycles. The Morgan fingerprint density at radius 1 is 1.19 bits per heavy atom. The number of carbonyl (C=O) groups is 1. The molecular weight excluding hydrogens is 288 g/mol. The number of nitrogens with two attached hydrogens (primary N) is 1. The fourth-order valence-electron chi connectivity index (χ4n) is 1.52. The van der Waals surface area contributed by atoms with Crippen LogP contribution in [0, 0.1) is 0 Å². The maximum Gasteiger partial charge on any atom is 0.230 e. The van der Waals surface area contributed by atoms with E-state index in [1.54, 1.807) is 4.90 Å². The molecule has 110 valence electrons. The Balaban J connectivity index is 2.16. The molecule has 1 aromatic heterocycles. The lowest BCUT2D eigenvalue weighted by Gasteiger charge is -2.11. The van der Waals surface area contributed by atoms with E-state index in [2.05, 4.69) is 20.3 Å². The number of benzene rings is 1. The normalized spacial score (nSPS) is 10.2. The number of rotatable bonds is 4. The summed E-state index contributed by atoms with van der Waals surface area (Å²) in [5.74, 6) is 0.599. The molecule has 0 aliphatic rings. The third-order valence-electron chi connectivity index (χ3n) is 2.40. The van der Waals surface area contributed by atoms with Crippen LogP contribution >= 0.6 is 11.8 Å². The minimum atomic E-state index is -0.101. The average molecular weight is 304 g/mol. The molecule has 0 unspecified atom stereocenters. The van der Waals surface area contributed by atoms with Crippen molar-refractivity contribution in [2.75, 3.05) is 30.0 Å². The van der Waals surface area contributed by atoms with Gasteiger partial charge < -0.3 is 16.0 Å². The van der Waals surface area contributed by atoms with Crippen LogP contribution in [0.3, 0.4) is 0 Å². The summed E-state index contributed by atoms with van der Waals surface area (Å²) in [5, 5.41) is 3.24. The molecule has 1 aromatic carbocycles. The predicted molar refractivity (Wildman–Crippen MR) is 83.4 cm³/mol. The smallest absolute Gasteiger partial charge is 0.230 e. The molecule has 0 atom stereocenters. The van der Waals surface area contributed by atoms with Crippen LogP contribution in [0.4, 0.5) is 17.6 Å². The van der Waals surface area contributed by atoms with Crippen LogP contribution in [0.2, 0.25) is 0 Å². The molecule has 1 heterocycles. The first-order chi connectivity index (χ1) is 9.94. The molecule has 1 amide bonds. The van der Waals surface area contributed by atoms with Crippen molar-refractivity contribution in [3.8, 4) is 0 Å². The Labute approximate surface area is 127 Å². The SMILES string of the molecule is CC(=O)Nc1ccc(Sc2nc(N)nc(N(C)C)n2)cc1. The summed E-state index contributed by atoms with van der Waals surface area (Å²) < 4.78 is 0. The monoisotopic (exact) mass is 304 g/mol. The van der Waals surface area contributed by atoms with Gasteiger partial charge in [-0.1, -0.05) is 0 Å². The fourth-order valence-corrected chi connectivity index (χ4v) is 2.27. The second kappa shape index (κ2) is 6.40. The maximum absolute atomic E-state index is 11.0. The largest absolute Gasteiger partial charge is 0.368 e. The topological polar surface area (TPSA) is 97.0 Å². The van der Waals surface area contributed by atoms with Crippen LogP contribution in [-0.4, -0.2) is 35.0 Å². The van der Waals surface area contributed by atoms with E-state index in [9.17, 15) is 4.79 Å². The highest BCUT2D eigenvalue weighted by Crippen LogP contribution is 2.27. The summed E-state index contributed by atoms with van der Waals surface area (Å²) in [6.45, 7) is 1.47. The summed E-state index contributed by atoms with van der Waals surface area (Å²) in [6.07, 6.45) is 0. The highest BCUT2D eigenvalue weighted by Gasteiger charge is 2.08. The molecule has 0 radical (unpaired) electrons. The highest BCUT2D eigenvalue weighted by molar-refractivity contribution is 7.99. The maximum atomic E-state index is 11.0. The van der Waals surface area contributed by atoms with E-state index in [4.69, 9.17) is 5.73 Å². The number of carbonyl (C=O) groups excluding carboxylic acids is 1. The van der Waals surface area contributed by atoms with Crippen molar-refractivity contribution >= 4 is 35.3 Å². The van der Waals surface area contributed by atoms with Crippen molar-refractivity contribution in [3.05, 3.63) is 24.3 Å². The average Bonchev–Trinajstić information content (AvgIpc) is 2.39. The van der Waals surface area contributed by atoms with Gasteiger partial charge in [-0.2, -0.15) is 15.0 Å². The lowest BCUT2D eigenvalue weighted by atomic mass is 10.3. The van der Waals surface area contributed by atoms with Gasteiger partial charge in [0.15, 0.2) is 5.16 Å². The Morgan fingerprint density at radius 2 is 1.86 bits per heavy atom. The number of aromatic nitrogens is 3. The molecule has 0 saturated heterocycles. The zero-order valence-corrected chi connectivity index (χ0v) is 12.8. The number of amides is 1. The Bertz CT molecular complexity index is 644. The van der Waals surface area contributed by atoms with Crippen molar-refractivity contribution in [2.45, 2.75) is 17.0 Å². The van der Waals surface area contributed by atoms with Crippen LogP contribution in [-0.2, 0) is 4.79 Å². The van der Waals surface area contributed by atoms with Crippen LogP contribution < -0.4 is 16.0 Å². The molecular formula is C13H16N6OS. The van der Waals surface area contributed by atoms with Gasteiger partial charge in [0.05, 0.1) is 0 Å². The van der Waals surface area contributed by atoms with E-state index in [-0.39, 0.29) is 11.9 Å². The second-order valence-corrected chi connectivity index (χ2v) is 5.52. The first kappa shape index (κ1) is 15.0. The van der Waals surface area contributed by atoms with Crippen molar-refractivity contribution in [1.29, 1.82) is 0 Å². The van der Waals surface area contributed by atoms with Gasteiger partial charge >= 0.3 is 0 Å². The van der Waals surface area contributed by atoms with Gasteiger partial charge in [0.1, 0.15) is 0 Å². The summed E-state index contributed by atoms with van der Waals surface area (Å²) in [4.78, 5) is 26.1. The minimum Gasteiger partial charge on any atom is -0.368 e. The molecule has 0 saturated carbocycles. The number of hydrogen-bond donors (Lipinski definition) is 2. The first-order valence-corrected chi connectivity index (χ1v) is 7.00. The lowest BCUT2D eigenvalue weighted by molar-refractivity contribution is -0.114. The molecule has 8 heteroatoms. The summed E-state index contributed by atoms with van der Waals surface area (Å²) >= 11 is 1.38. The molecule has 0 bridgehead atoms. The molecule has 0 spiro atoms. The van der Waals surface area contributed by atoms with Gasteiger partial charge in [-0.25, -0.2) is 0 Å². The van der Waals surface area contributed by atoms with E-state index in [0.29, 0.717) is 11.1 Å². The van der Waals surface area contributed by atoms with Crippen molar-refractivity contribution < 1.29 is 4.79 Å². The Kier molecular flexibility index (Phi) is 4.59. The van der Waals surface area contributed by atoms with Gasteiger partial charge in [0, 0.05) is 31.6 Å². The van der Waals surface area contributed by atoms with Crippen molar-refractivity contribution in [1.82, 2.24) is 15.0 Å². The predicted octanol–water partition coefficient (Wildman–Crippen LogP) is 1.63. The zero-order chi connectivity index (χ0) is 15.4. The zero-order valence-electron chi connectivity index (χ0n) is 12.0. The van der Waals surface area contributed by atoms with Crippen LogP contribution in [0.1, 0.15) is 6.92 Å². The third-order valence-corrected chi connectivity index (χ3v) is 3.28. The molecule has 0 aliphatic heterocycles. The Hall–Kier alpha value is -2.35. The summed E-state index contributed by atoms with van der Waals surface area (Å²) in [5.41, 5.74) is 6.43. The van der Waals surface area contributed by atoms with E-state index in [0.717, 1.165) is 10.6 Å². The summed E-state index contributed by atoms with van der Waals surface area (Å²) in [7, 11) is 3.68. The standard InChI is InChI=1S/C13H16N6OS/c1-8(20)15-9-4-6-10(7-5-9)21-13-17-11(14)16-12(18-13)19(2)3/h4-7H,1-3H3,(H,15,20)(H2,14,16,17,18). The molecule has 2 aromatic rings. The molecule has 7 nitrogen and oxygen atoms in total. The van der Waals surface area contributed by atoms with E-state index >= 15 is 0 Å². The van der Waals surface area contributed by atoms with Crippen LogP contribution in [0.15, 0.2) is 34.3 Å². The van der Waals surface area contributed by atoms with E-state index in [1.165, 1.54) is 18.7 Å². The number of anilines is 3. The van der Waals surface area contributed by atoms with E-state index in [1.807, 2.05) is 38.4 Å². The van der Waals surface area contributed by atoms with Gasteiger partial charge in [-0.15, -0.1) is 0 Å². The van der Waals surface area contributed by atoms with Crippen LogP contribution in [0.25, 0.3) is 0 Å². The quantitative estimate of drug-likeness (QED) is 0.886. The van der Waals surface area contributed by atoms with Crippen molar-refractivity contribution in [2.24, 2.45) is 0 Å². The van der Waals surface area contributed by atoms with E-state index < -0.39 is 0 Å². The third kappa shape index (κ3) is 4.32.